The van der Waals surface area contributed by atoms with Gasteiger partial charge in [-0.1, -0.05) is 35.9 Å². The molecule has 0 aliphatic carbocycles. The van der Waals surface area contributed by atoms with E-state index in [0.29, 0.717) is 27.2 Å². The van der Waals surface area contributed by atoms with E-state index < -0.39 is 17.7 Å². The number of carbonyl (C=O) groups excluding carboxylic acids is 1. The molecule has 0 aliphatic rings. The Kier molecular flexibility index (Phi) is 5.84. The van der Waals surface area contributed by atoms with Crippen LogP contribution in [-0.4, -0.2) is 27.0 Å². The molecule has 0 atom stereocenters. The summed E-state index contributed by atoms with van der Waals surface area (Å²) in [6, 6.07) is 17.0. The fraction of sp³-hybridized carbons (Fsp3) is 0.0769. The van der Waals surface area contributed by atoms with E-state index in [9.17, 15) is 14.0 Å². The van der Waals surface area contributed by atoms with E-state index in [1.54, 1.807) is 29.6 Å². The van der Waals surface area contributed by atoms with E-state index >= 15 is 0 Å². The number of rotatable bonds is 6. The van der Waals surface area contributed by atoms with Gasteiger partial charge in [-0.2, -0.15) is 0 Å². The minimum Gasteiger partial charge on any atom is -0.481 e. The Bertz CT molecular complexity index is 1570. The summed E-state index contributed by atoms with van der Waals surface area (Å²) < 4.78 is 20.5. The molecule has 3 aromatic carbocycles. The molecule has 0 saturated carbocycles. The van der Waals surface area contributed by atoms with Crippen molar-refractivity contribution in [1.82, 2.24) is 9.97 Å². The van der Waals surface area contributed by atoms with E-state index in [0.717, 1.165) is 11.1 Å². The molecule has 35 heavy (non-hydrogen) atoms. The van der Waals surface area contributed by atoms with Crippen LogP contribution in [0.2, 0.25) is 0 Å². The molecule has 0 radical (unpaired) electrons. The molecular formula is C26H18FN3O4S. The highest BCUT2D eigenvalue weighted by Crippen LogP contribution is 2.29. The van der Waals surface area contributed by atoms with Crippen molar-refractivity contribution in [2.75, 3.05) is 5.32 Å². The molecule has 0 aliphatic heterocycles. The summed E-state index contributed by atoms with van der Waals surface area (Å²) in [7, 11) is 0. The van der Waals surface area contributed by atoms with Crippen molar-refractivity contribution < 1.29 is 23.5 Å². The molecule has 0 spiro atoms. The van der Waals surface area contributed by atoms with E-state index in [2.05, 4.69) is 15.3 Å². The summed E-state index contributed by atoms with van der Waals surface area (Å²) in [5.41, 5.74) is 4.14. The number of thiazole rings is 1. The number of hydrogen-bond acceptors (Lipinski definition) is 6. The van der Waals surface area contributed by atoms with Crippen LogP contribution in [0.3, 0.4) is 0 Å². The maximum absolute atomic E-state index is 14.8. The highest BCUT2D eigenvalue weighted by molar-refractivity contribution is 7.13. The lowest BCUT2D eigenvalue weighted by Crippen LogP contribution is -2.13. The van der Waals surface area contributed by atoms with E-state index in [1.165, 1.54) is 23.5 Å². The quantitative estimate of drug-likeness (QED) is 0.307. The van der Waals surface area contributed by atoms with Gasteiger partial charge in [0.25, 0.3) is 5.91 Å². The molecule has 5 rings (SSSR count). The molecule has 1 amide bonds. The Balaban J connectivity index is 1.33. The predicted octanol–water partition coefficient (Wildman–Crippen LogP) is 5.95. The number of anilines is 1. The summed E-state index contributed by atoms with van der Waals surface area (Å²) in [6.07, 6.45) is -0.132. The number of carboxylic acids is 1. The van der Waals surface area contributed by atoms with Gasteiger partial charge in [0.1, 0.15) is 22.0 Å². The minimum absolute atomic E-state index is 0.00323. The van der Waals surface area contributed by atoms with Crippen molar-refractivity contribution in [3.05, 3.63) is 88.7 Å². The number of amides is 1. The van der Waals surface area contributed by atoms with Gasteiger partial charge < -0.3 is 14.8 Å². The normalized spacial score (nSPS) is 11.0. The van der Waals surface area contributed by atoms with Gasteiger partial charge in [0.05, 0.1) is 12.1 Å². The zero-order valence-corrected chi connectivity index (χ0v) is 19.2. The molecular weight excluding hydrogens is 469 g/mol. The third-order valence-corrected chi connectivity index (χ3v) is 6.20. The van der Waals surface area contributed by atoms with Gasteiger partial charge in [-0.25, -0.2) is 14.4 Å². The summed E-state index contributed by atoms with van der Waals surface area (Å²) in [6.45, 7) is 1.99. The van der Waals surface area contributed by atoms with Crippen LogP contribution in [0.5, 0.6) is 0 Å². The number of fused-ring (bicyclic) bond motifs is 1. The fourth-order valence-corrected chi connectivity index (χ4v) is 4.33. The standard InChI is InChI=1S/C26H18FN3O4S/c1-14-2-5-16(6-3-14)26-30-21(13-35-26)24(33)28-19-8-7-17(12-18(19)27)25-29-20-10-15(11-23(31)32)4-9-22(20)34-25/h2-10,12-13H,11H2,1H3,(H,28,33)(H,31,32). The lowest BCUT2D eigenvalue weighted by atomic mass is 10.1. The molecule has 174 valence electrons. The first-order chi connectivity index (χ1) is 16.9. The number of carboxylic acid groups (broad SMARTS) is 1. The Hall–Kier alpha value is -4.37. The minimum atomic E-state index is -0.947. The number of aliphatic carboxylic acids is 1. The van der Waals surface area contributed by atoms with Gasteiger partial charge in [-0.15, -0.1) is 11.3 Å². The third-order valence-electron chi connectivity index (χ3n) is 5.31. The van der Waals surface area contributed by atoms with Crippen LogP contribution < -0.4 is 5.32 Å². The highest BCUT2D eigenvalue weighted by Gasteiger charge is 2.16. The molecule has 0 saturated heterocycles. The first-order valence-electron chi connectivity index (χ1n) is 10.6. The molecule has 5 aromatic rings. The van der Waals surface area contributed by atoms with Crippen LogP contribution in [0.1, 0.15) is 21.6 Å². The third kappa shape index (κ3) is 4.80. The lowest BCUT2D eigenvalue weighted by Gasteiger charge is -2.06. The number of nitrogens with zero attached hydrogens (tertiary/aromatic N) is 2. The van der Waals surface area contributed by atoms with Gasteiger partial charge in [-0.3, -0.25) is 9.59 Å². The van der Waals surface area contributed by atoms with Gasteiger partial charge in [0.15, 0.2) is 5.58 Å². The van der Waals surface area contributed by atoms with Crippen molar-refractivity contribution >= 4 is 40.0 Å². The molecule has 7 nitrogen and oxygen atoms in total. The van der Waals surface area contributed by atoms with Gasteiger partial charge in [-0.05, 0) is 42.8 Å². The number of halogens is 1. The first-order valence-corrected chi connectivity index (χ1v) is 11.5. The van der Waals surface area contributed by atoms with E-state index in [4.69, 9.17) is 9.52 Å². The van der Waals surface area contributed by atoms with Crippen LogP contribution in [0.15, 0.2) is 70.5 Å². The van der Waals surface area contributed by atoms with Gasteiger partial charge in [0.2, 0.25) is 5.89 Å². The molecule has 0 bridgehead atoms. The molecule has 2 aromatic heterocycles. The average Bonchev–Trinajstić information content (AvgIpc) is 3.48. The largest absolute Gasteiger partial charge is 0.481 e. The Labute approximate surface area is 202 Å². The number of carbonyl (C=O) groups is 2. The molecule has 0 fully saturated rings. The SMILES string of the molecule is Cc1ccc(-c2nc(C(=O)Nc3ccc(-c4nc5cc(CC(=O)O)ccc5o4)cc3F)cs2)cc1. The maximum atomic E-state index is 14.8. The Morgan fingerprint density at radius 2 is 1.80 bits per heavy atom. The second kappa shape index (κ2) is 9.11. The second-order valence-corrected chi connectivity index (χ2v) is 8.80. The van der Waals surface area contributed by atoms with Crippen molar-refractivity contribution in [1.29, 1.82) is 0 Å². The van der Waals surface area contributed by atoms with Crippen LogP contribution in [0.25, 0.3) is 33.1 Å². The average molecular weight is 488 g/mol. The van der Waals surface area contributed by atoms with Crippen molar-refractivity contribution in [2.45, 2.75) is 13.3 Å². The monoisotopic (exact) mass is 487 g/mol. The number of nitrogens with one attached hydrogen (secondary N) is 1. The Morgan fingerprint density at radius 3 is 2.54 bits per heavy atom. The van der Waals surface area contributed by atoms with Crippen molar-refractivity contribution in [3.63, 3.8) is 0 Å². The molecule has 9 heteroatoms. The van der Waals surface area contributed by atoms with Crippen molar-refractivity contribution in [3.8, 4) is 22.0 Å². The summed E-state index contributed by atoms with van der Waals surface area (Å²) in [5, 5.41) is 13.8. The molecule has 2 heterocycles. The van der Waals surface area contributed by atoms with Crippen LogP contribution in [-0.2, 0) is 11.2 Å². The summed E-state index contributed by atoms with van der Waals surface area (Å²) >= 11 is 1.34. The number of hydrogen-bond donors (Lipinski definition) is 2. The lowest BCUT2D eigenvalue weighted by molar-refractivity contribution is -0.136. The van der Waals surface area contributed by atoms with Crippen LogP contribution in [0.4, 0.5) is 10.1 Å². The summed E-state index contributed by atoms with van der Waals surface area (Å²) in [4.78, 5) is 32.3. The van der Waals surface area contributed by atoms with Crippen molar-refractivity contribution in [2.24, 2.45) is 0 Å². The first kappa shape index (κ1) is 22.4. The smallest absolute Gasteiger partial charge is 0.307 e. The molecule has 2 N–H and O–H groups in total. The Morgan fingerprint density at radius 1 is 1.03 bits per heavy atom. The topological polar surface area (TPSA) is 105 Å². The fourth-order valence-electron chi connectivity index (χ4n) is 3.52. The number of oxazole rings is 1. The zero-order valence-electron chi connectivity index (χ0n) is 18.4. The summed E-state index contributed by atoms with van der Waals surface area (Å²) in [5.74, 6) is -1.93. The molecule has 0 unspecified atom stereocenters. The number of benzene rings is 3. The zero-order chi connectivity index (χ0) is 24.5. The maximum Gasteiger partial charge on any atom is 0.307 e. The van der Waals surface area contributed by atoms with Crippen LogP contribution in [0, 0.1) is 12.7 Å². The number of aryl methyl sites for hydroxylation is 1. The van der Waals surface area contributed by atoms with E-state index in [-0.39, 0.29) is 23.7 Å². The van der Waals surface area contributed by atoms with Crippen LogP contribution >= 0.6 is 11.3 Å². The van der Waals surface area contributed by atoms with Gasteiger partial charge >= 0.3 is 5.97 Å². The number of aromatic nitrogens is 2. The van der Waals surface area contributed by atoms with Gasteiger partial charge in [0, 0.05) is 16.5 Å². The second-order valence-electron chi connectivity index (χ2n) is 7.94. The highest BCUT2D eigenvalue weighted by atomic mass is 32.1. The predicted molar refractivity (Wildman–Crippen MR) is 131 cm³/mol. The van der Waals surface area contributed by atoms with E-state index in [1.807, 2.05) is 31.2 Å².